The van der Waals surface area contributed by atoms with Crippen LogP contribution in [0.5, 0.6) is 0 Å². The van der Waals surface area contributed by atoms with Gasteiger partial charge >= 0.3 is 5.97 Å². The summed E-state index contributed by atoms with van der Waals surface area (Å²) in [6.07, 6.45) is 3.74. The van der Waals surface area contributed by atoms with Crippen molar-refractivity contribution in [2.45, 2.75) is 18.9 Å². The number of aryl methyl sites for hydroxylation is 1. The second kappa shape index (κ2) is 4.57. The van der Waals surface area contributed by atoms with E-state index in [1.807, 2.05) is 0 Å². The van der Waals surface area contributed by atoms with Crippen LogP contribution in [0.4, 0.5) is 5.69 Å². The number of nitrogen functional groups attached to an aromatic ring is 1. The number of hydrogen-bond acceptors (Lipinski definition) is 4. The molecule has 0 radical (unpaired) electrons. The lowest BCUT2D eigenvalue weighted by molar-refractivity contribution is 0.0153. The van der Waals surface area contributed by atoms with Crippen molar-refractivity contribution in [3.63, 3.8) is 0 Å². The van der Waals surface area contributed by atoms with E-state index in [0.717, 1.165) is 19.4 Å². The number of esters is 1. The monoisotopic (exact) mass is 224 g/mol. The lowest BCUT2D eigenvalue weighted by Gasteiger charge is -2.10. The Balaban J connectivity index is 1.90. The zero-order valence-corrected chi connectivity index (χ0v) is 9.31. The van der Waals surface area contributed by atoms with Gasteiger partial charge in [-0.1, -0.05) is 0 Å². The van der Waals surface area contributed by atoms with Gasteiger partial charge in [0.1, 0.15) is 12.3 Å². The molecule has 1 fully saturated rings. The van der Waals surface area contributed by atoms with Crippen LogP contribution in [0.1, 0.15) is 23.3 Å². The van der Waals surface area contributed by atoms with Gasteiger partial charge < -0.3 is 19.8 Å². The molecule has 1 atom stereocenters. The third kappa shape index (κ3) is 2.36. The van der Waals surface area contributed by atoms with Crippen LogP contribution in [-0.2, 0) is 16.5 Å². The fraction of sp³-hybridized carbons (Fsp3) is 0.545. The molecule has 0 aliphatic carbocycles. The highest BCUT2D eigenvalue weighted by Crippen LogP contribution is 2.14. The molecular formula is C11H16N2O3. The van der Waals surface area contributed by atoms with E-state index in [0.29, 0.717) is 18.0 Å². The zero-order valence-electron chi connectivity index (χ0n) is 9.31. The summed E-state index contributed by atoms with van der Waals surface area (Å²) >= 11 is 0. The normalized spacial score (nSPS) is 19.9. The Morgan fingerprint density at radius 3 is 3.12 bits per heavy atom. The Labute approximate surface area is 94.1 Å². The van der Waals surface area contributed by atoms with Crippen molar-refractivity contribution in [3.05, 3.63) is 18.0 Å². The highest BCUT2D eigenvalue weighted by Gasteiger charge is 2.19. The first-order valence-electron chi connectivity index (χ1n) is 5.37. The Hall–Kier alpha value is -1.49. The number of carbonyl (C=O) groups excluding carboxylic acids is 1. The summed E-state index contributed by atoms with van der Waals surface area (Å²) in [5.41, 5.74) is 6.61. The molecule has 0 bridgehead atoms. The molecule has 2 N–H and O–H groups in total. The minimum atomic E-state index is -0.352. The zero-order chi connectivity index (χ0) is 11.5. The lowest BCUT2D eigenvalue weighted by atomic mass is 10.2. The van der Waals surface area contributed by atoms with Crippen molar-refractivity contribution in [3.8, 4) is 0 Å². The average Bonchev–Trinajstić information content (AvgIpc) is 2.84. The van der Waals surface area contributed by atoms with E-state index in [4.69, 9.17) is 15.2 Å². The minimum Gasteiger partial charge on any atom is -0.458 e. The van der Waals surface area contributed by atoms with E-state index < -0.39 is 0 Å². The Morgan fingerprint density at radius 2 is 2.56 bits per heavy atom. The molecule has 0 amide bonds. The maximum atomic E-state index is 11.7. The predicted octanol–water partition coefficient (Wildman–Crippen LogP) is 0.943. The standard InChI is InChI=1S/C11H16N2O3/c1-13-6-8(12)5-10(13)11(14)16-7-9-3-2-4-15-9/h5-6,9H,2-4,7,12H2,1H3. The molecule has 1 aliphatic rings. The second-order valence-corrected chi connectivity index (χ2v) is 4.00. The van der Waals surface area contributed by atoms with Crippen molar-refractivity contribution >= 4 is 11.7 Å². The molecule has 1 aromatic rings. The molecule has 1 saturated heterocycles. The van der Waals surface area contributed by atoms with E-state index >= 15 is 0 Å². The summed E-state index contributed by atoms with van der Waals surface area (Å²) in [4.78, 5) is 11.7. The van der Waals surface area contributed by atoms with Gasteiger partial charge in [0, 0.05) is 19.9 Å². The van der Waals surface area contributed by atoms with Crippen LogP contribution in [0.25, 0.3) is 0 Å². The second-order valence-electron chi connectivity index (χ2n) is 4.00. The van der Waals surface area contributed by atoms with Crippen LogP contribution in [0.2, 0.25) is 0 Å². The van der Waals surface area contributed by atoms with Crippen LogP contribution in [0.3, 0.4) is 0 Å². The third-order valence-corrected chi connectivity index (χ3v) is 2.66. The lowest BCUT2D eigenvalue weighted by Crippen LogP contribution is -2.19. The van der Waals surface area contributed by atoms with Gasteiger partial charge in [0.2, 0.25) is 0 Å². The van der Waals surface area contributed by atoms with Gasteiger partial charge in [-0.2, -0.15) is 0 Å². The number of rotatable bonds is 3. The van der Waals surface area contributed by atoms with Gasteiger partial charge in [0.05, 0.1) is 11.8 Å². The average molecular weight is 224 g/mol. The highest BCUT2D eigenvalue weighted by atomic mass is 16.6. The Kier molecular flexibility index (Phi) is 3.14. The maximum Gasteiger partial charge on any atom is 0.355 e. The van der Waals surface area contributed by atoms with Gasteiger partial charge in [-0.05, 0) is 18.9 Å². The third-order valence-electron chi connectivity index (χ3n) is 2.66. The van der Waals surface area contributed by atoms with Gasteiger partial charge in [0.15, 0.2) is 0 Å². The molecule has 1 aliphatic heterocycles. The van der Waals surface area contributed by atoms with E-state index in [1.165, 1.54) is 0 Å². The summed E-state index contributed by atoms with van der Waals surface area (Å²) in [6.45, 7) is 1.09. The first kappa shape index (κ1) is 11.0. The SMILES string of the molecule is Cn1cc(N)cc1C(=O)OCC1CCCO1. The van der Waals surface area contributed by atoms with Gasteiger partial charge in [-0.15, -0.1) is 0 Å². The maximum absolute atomic E-state index is 11.7. The first-order chi connectivity index (χ1) is 7.66. The van der Waals surface area contributed by atoms with Crippen LogP contribution >= 0.6 is 0 Å². The van der Waals surface area contributed by atoms with Gasteiger partial charge in [0.25, 0.3) is 0 Å². The molecule has 0 aromatic carbocycles. The van der Waals surface area contributed by atoms with Crippen LogP contribution < -0.4 is 5.73 Å². The number of nitrogens with zero attached hydrogens (tertiary/aromatic N) is 1. The highest BCUT2D eigenvalue weighted by molar-refractivity contribution is 5.89. The summed E-state index contributed by atoms with van der Waals surface area (Å²) in [7, 11) is 1.76. The van der Waals surface area contributed by atoms with Crippen molar-refractivity contribution < 1.29 is 14.3 Å². The number of hydrogen-bond donors (Lipinski definition) is 1. The molecule has 88 valence electrons. The van der Waals surface area contributed by atoms with E-state index in [2.05, 4.69) is 0 Å². The Morgan fingerprint density at radius 1 is 1.75 bits per heavy atom. The molecule has 0 spiro atoms. The number of carbonyl (C=O) groups is 1. The fourth-order valence-electron chi connectivity index (χ4n) is 1.81. The molecule has 2 rings (SSSR count). The minimum absolute atomic E-state index is 0.0570. The summed E-state index contributed by atoms with van der Waals surface area (Å²) in [5.74, 6) is -0.352. The van der Waals surface area contributed by atoms with Crippen molar-refractivity contribution in [2.24, 2.45) is 7.05 Å². The van der Waals surface area contributed by atoms with E-state index in [9.17, 15) is 4.79 Å². The molecule has 16 heavy (non-hydrogen) atoms. The van der Waals surface area contributed by atoms with E-state index in [-0.39, 0.29) is 12.1 Å². The number of ether oxygens (including phenoxy) is 2. The van der Waals surface area contributed by atoms with E-state index in [1.54, 1.807) is 23.9 Å². The van der Waals surface area contributed by atoms with Gasteiger partial charge in [-0.3, -0.25) is 0 Å². The summed E-state index contributed by atoms with van der Waals surface area (Å²) in [5, 5.41) is 0. The smallest absolute Gasteiger partial charge is 0.355 e. The summed E-state index contributed by atoms with van der Waals surface area (Å²) in [6, 6.07) is 1.61. The van der Waals surface area contributed by atoms with Crippen LogP contribution in [-0.4, -0.2) is 29.9 Å². The molecule has 5 heteroatoms. The molecule has 0 saturated carbocycles. The molecule has 1 aromatic heterocycles. The molecule has 1 unspecified atom stereocenters. The van der Waals surface area contributed by atoms with Crippen molar-refractivity contribution in [1.29, 1.82) is 0 Å². The molecule has 2 heterocycles. The molecular weight excluding hydrogens is 208 g/mol. The van der Waals surface area contributed by atoms with Gasteiger partial charge in [-0.25, -0.2) is 4.79 Å². The van der Waals surface area contributed by atoms with Crippen LogP contribution in [0.15, 0.2) is 12.3 Å². The summed E-state index contributed by atoms with van der Waals surface area (Å²) < 4.78 is 12.2. The predicted molar refractivity (Wildman–Crippen MR) is 59.1 cm³/mol. The Bertz CT molecular complexity index is 381. The fourth-order valence-corrected chi connectivity index (χ4v) is 1.81. The largest absolute Gasteiger partial charge is 0.458 e. The number of nitrogens with two attached hydrogens (primary N) is 1. The number of anilines is 1. The van der Waals surface area contributed by atoms with Crippen molar-refractivity contribution in [2.75, 3.05) is 18.9 Å². The quantitative estimate of drug-likeness (QED) is 0.776. The topological polar surface area (TPSA) is 66.5 Å². The number of aromatic nitrogens is 1. The van der Waals surface area contributed by atoms with Crippen LogP contribution in [0, 0.1) is 0 Å². The molecule has 5 nitrogen and oxygen atoms in total. The first-order valence-corrected chi connectivity index (χ1v) is 5.37. The van der Waals surface area contributed by atoms with Crippen molar-refractivity contribution in [1.82, 2.24) is 4.57 Å².